The normalized spacial score (nSPS) is 11.4. The summed E-state index contributed by atoms with van der Waals surface area (Å²) < 4.78 is 7.37. The first-order valence-corrected chi connectivity index (χ1v) is 12.5. The van der Waals surface area contributed by atoms with E-state index in [-0.39, 0.29) is 10.6 Å². The Morgan fingerprint density at radius 1 is 0.769 bits per heavy atom. The molecule has 2 heterocycles. The van der Waals surface area contributed by atoms with Crippen molar-refractivity contribution in [2.24, 2.45) is 0 Å². The fraction of sp³-hybridized carbons (Fsp3) is 0.0625. The van der Waals surface area contributed by atoms with E-state index in [4.69, 9.17) is 9.84 Å². The molecule has 0 bridgehead atoms. The maximum absolute atomic E-state index is 11.8. The maximum atomic E-state index is 11.8. The molecule has 0 aliphatic heterocycles. The van der Waals surface area contributed by atoms with Crippen molar-refractivity contribution in [2.75, 3.05) is 7.11 Å². The van der Waals surface area contributed by atoms with Crippen molar-refractivity contribution in [2.45, 2.75) is 5.54 Å². The minimum Gasteiger partial charge on any atom is -0.481 e. The highest BCUT2D eigenvalue weighted by molar-refractivity contribution is 5.95. The van der Waals surface area contributed by atoms with Crippen molar-refractivity contribution < 1.29 is 9.66 Å². The third-order valence-electron chi connectivity index (χ3n) is 6.98. The monoisotopic (exact) mass is 512 g/mol. The van der Waals surface area contributed by atoms with E-state index < -0.39 is 5.54 Å². The summed E-state index contributed by atoms with van der Waals surface area (Å²) in [6.45, 7) is 0. The summed E-state index contributed by atoms with van der Waals surface area (Å²) in [5.74, 6) is 0.432. The summed E-state index contributed by atoms with van der Waals surface area (Å²) in [6, 6.07) is 39.1. The van der Waals surface area contributed by atoms with Gasteiger partial charge in [-0.3, -0.25) is 10.1 Å². The van der Waals surface area contributed by atoms with E-state index in [1.165, 1.54) is 6.07 Å². The molecule has 190 valence electrons. The second-order valence-corrected chi connectivity index (χ2v) is 9.11. The van der Waals surface area contributed by atoms with Gasteiger partial charge in [-0.1, -0.05) is 91.0 Å². The zero-order chi connectivity index (χ0) is 26.8. The number of non-ortho nitro benzene ring substituents is 1. The second kappa shape index (κ2) is 9.87. The van der Waals surface area contributed by atoms with Gasteiger partial charge in [-0.05, 0) is 28.8 Å². The Morgan fingerprint density at radius 3 is 1.85 bits per heavy atom. The van der Waals surface area contributed by atoms with E-state index in [9.17, 15) is 10.1 Å². The lowest BCUT2D eigenvalue weighted by Crippen LogP contribution is -2.38. The van der Waals surface area contributed by atoms with Gasteiger partial charge in [-0.2, -0.15) is 5.10 Å². The third-order valence-corrected chi connectivity index (χ3v) is 6.98. The number of aromatic nitrogens is 3. The van der Waals surface area contributed by atoms with Crippen LogP contribution in [0.5, 0.6) is 5.88 Å². The van der Waals surface area contributed by atoms with Gasteiger partial charge in [0, 0.05) is 35.3 Å². The van der Waals surface area contributed by atoms with Crippen molar-refractivity contribution in [3.8, 4) is 17.1 Å². The molecule has 0 aliphatic rings. The Morgan fingerprint density at radius 2 is 1.33 bits per heavy atom. The second-order valence-electron chi connectivity index (χ2n) is 9.11. The van der Waals surface area contributed by atoms with E-state index in [0.29, 0.717) is 17.0 Å². The van der Waals surface area contributed by atoms with Crippen LogP contribution in [0.3, 0.4) is 0 Å². The molecule has 0 saturated heterocycles. The van der Waals surface area contributed by atoms with Crippen LogP contribution < -0.4 is 4.74 Å². The molecule has 0 spiro atoms. The minimum absolute atomic E-state index is 0.00551. The van der Waals surface area contributed by atoms with Crippen LogP contribution in [0.25, 0.3) is 22.2 Å². The predicted octanol–water partition coefficient (Wildman–Crippen LogP) is 6.86. The number of rotatable bonds is 7. The van der Waals surface area contributed by atoms with Gasteiger partial charge in [0.15, 0.2) is 0 Å². The van der Waals surface area contributed by atoms with E-state index in [1.54, 1.807) is 31.5 Å². The van der Waals surface area contributed by atoms with Gasteiger partial charge in [-0.25, -0.2) is 9.67 Å². The topological polar surface area (TPSA) is 83.1 Å². The fourth-order valence-corrected chi connectivity index (χ4v) is 5.26. The Kier molecular flexibility index (Phi) is 6.09. The van der Waals surface area contributed by atoms with Crippen molar-refractivity contribution in [1.82, 2.24) is 14.8 Å². The summed E-state index contributed by atoms with van der Waals surface area (Å²) in [5.41, 5.74) is 4.22. The van der Waals surface area contributed by atoms with E-state index >= 15 is 0 Å². The zero-order valence-corrected chi connectivity index (χ0v) is 21.1. The van der Waals surface area contributed by atoms with Crippen LogP contribution in [0.15, 0.2) is 128 Å². The van der Waals surface area contributed by atoms with Crippen LogP contribution in [0.2, 0.25) is 0 Å². The summed E-state index contributed by atoms with van der Waals surface area (Å²) in [6.07, 6.45) is 1.65. The number of benzene rings is 4. The maximum Gasteiger partial charge on any atom is 0.270 e. The smallest absolute Gasteiger partial charge is 0.270 e. The van der Waals surface area contributed by atoms with Gasteiger partial charge >= 0.3 is 0 Å². The summed E-state index contributed by atoms with van der Waals surface area (Å²) in [5, 5.41) is 17.7. The van der Waals surface area contributed by atoms with Gasteiger partial charge in [0.25, 0.3) is 5.69 Å². The molecule has 0 unspecified atom stereocenters. The summed E-state index contributed by atoms with van der Waals surface area (Å²) in [4.78, 5) is 15.7. The van der Waals surface area contributed by atoms with Gasteiger partial charge in [0.05, 0.1) is 17.5 Å². The highest BCUT2D eigenvalue weighted by atomic mass is 16.6. The van der Waals surface area contributed by atoms with Crippen molar-refractivity contribution in [3.63, 3.8) is 0 Å². The standard InChI is InChI=1S/C32H24N4O3/c1-39-30-21-23(19-20-33-30)31-28-22-27(36(37)38)17-18-29(28)35(34-31)32(24-11-5-2-6-12-24,25-13-7-3-8-14-25)26-15-9-4-10-16-26/h2-22H,1H3. The number of fused-ring (bicyclic) bond motifs is 1. The highest BCUT2D eigenvalue weighted by Gasteiger charge is 2.41. The molecule has 39 heavy (non-hydrogen) atoms. The average molecular weight is 513 g/mol. The number of hydrogen-bond donors (Lipinski definition) is 0. The van der Waals surface area contributed by atoms with Crippen molar-refractivity contribution >= 4 is 16.6 Å². The molecule has 0 atom stereocenters. The summed E-state index contributed by atoms with van der Waals surface area (Å²) >= 11 is 0. The Bertz CT molecular complexity index is 1670. The number of nitro groups is 1. The molecule has 7 nitrogen and oxygen atoms in total. The largest absolute Gasteiger partial charge is 0.481 e. The molecular formula is C32H24N4O3. The molecule has 2 aromatic heterocycles. The number of nitrogens with zero attached hydrogens (tertiary/aromatic N) is 4. The molecule has 4 aromatic carbocycles. The van der Waals surface area contributed by atoms with Crippen molar-refractivity contribution in [1.29, 1.82) is 0 Å². The zero-order valence-electron chi connectivity index (χ0n) is 21.1. The molecule has 0 N–H and O–H groups in total. The van der Waals surface area contributed by atoms with E-state index in [0.717, 1.165) is 27.8 Å². The first-order valence-electron chi connectivity index (χ1n) is 12.5. The van der Waals surface area contributed by atoms with E-state index in [2.05, 4.69) is 41.4 Å². The predicted molar refractivity (Wildman–Crippen MR) is 151 cm³/mol. The average Bonchev–Trinajstić information content (AvgIpc) is 3.38. The first-order chi connectivity index (χ1) is 19.1. The Labute approximate surface area is 225 Å². The Hall–Kier alpha value is -5.30. The molecule has 7 heteroatoms. The van der Waals surface area contributed by atoms with Crippen LogP contribution in [0, 0.1) is 10.1 Å². The fourth-order valence-electron chi connectivity index (χ4n) is 5.26. The highest BCUT2D eigenvalue weighted by Crippen LogP contribution is 2.44. The molecule has 0 radical (unpaired) electrons. The lowest BCUT2D eigenvalue weighted by Gasteiger charge is -2.37. The first kappa shape index (κ1) is 24.1. The van der Waals surface area contributed by atoms with Crippen LogP contribution in [0.4, 0.5) is 5.69 Å². The van der Waals surface area contributed by atoms with Gasteiger partial charge < -0.3 is 4.74 Å². The van der Waals surface area contributed by atoms with Gasteiger partial charge in [0.2, 0.25) is 5.88 Å². The lowest BCUT2D eigenvalue weighted by atomic mass is 9.77. The minimum atomic E-state index is -0.881. The van der Waals surface area contributed by atoms with E-state index in [1.807, 2.05) is 65.3 Å². The third kappa shape index (κ3) is 4.01. The molecule has 6 rings (SSSR count). The summed E-state index contributed by atoms with van der Waals surface area (Å²) in [7, 11) is 1.55. The number of nitro benzene ring substituents is 1. The van der Waals surface area contributed by atoms with Gasteiger partial charge in [-0.15, -0.1) is 0 Å². The lowest BCUT2D eigenvalue weighted by molar-refractivity contribution is -0.384. The molecule has 0 fully saturated rings. The molecule has 0 saturated carbocycles. The number of hydrogen-bond acceptors (Lipinski definition) is 5. The van der Waals surface area contributed by atoms with Crippen molar-refractivity contribution in [3.05, 3.63) is 154 Å². The number of pyridine rings is 1. The SMILES string of the molecule is COc1cc(-c2nn(C(c3ccccc3)(c3ccccc3)c3ccccc3)c3ccc([N+](=O)[O-])cc23)ccn1. The number of methoxy groups -OCH3 is 1. The number of ether oxygens (including phenoxy) is 1. The van der Waals surface area contributed by atoms with Crippen LogP contribution in [-0.4, -0.2) is 26.8 Å². The van der Waals surface area contributed by atoms with Crippen LogP contribution in [-0.2, 0) is 5.54 Å². The quantitative estimate of drug-likeness (QED) is 0.133. The van der Waals surface area contributed by atoms with Gasteiger partial charge in [0.1, 0.15) is 11.2 Å². The molecule has 0 aliphatic carbocycles. The Balaban J connectivity index is 1.79. The molecular weight excluding hydrogens is 488 g/mol. The van der Waals surface area contributed by atoms with Crippen LogP contribution >= 0.6 is 0 Å². The molecule has 0 amide bonds. The molecule has 6 aromatic rings. The van der Waals surface area contributed by atoms with Crippen LogP contribution in [0.1, 0.15) is 16.7 Å².